The molecule has 0 aliphatic heterocycles. The van der Waals surface area contributed by atoms with Gasteiger partial charge in [0.05, 0.1) is 47.3 Å². The van der Waals surface area contributed by atoms with Crippen LogP contribution in [0.3, 0.4) is 0 Å². The maximum atomic E-state index is 12.8. The van der Waals surface area contributed by atoms with Gasteiger partial charge in [-0.15, -0.1) is 0 Å². The second-order valence-corrected chi connectivity index (χ2v) is 7.55. The number of anilines is 1. The molecule has 5 aromatic rings. The van der Waals surface area contributed by atoms with E-state index in [0.717, 1.165) is 22.7 Å². The number of nitrogens with one attached hydrogen (secondary N) is 1. The number of fused-ring (bicyclic) bond motifs is 1. The van der Waals surface area contributed by atoms with Crippen molar-refractivity contribution in [2.24, 2.45) is 0 Å². The zero-order valence-electron chi connectivity index (χ0n) is 16.6. The molecule has 1 N–H and O–H groups in total. The number of amides is 1. The van der Waals surface area contributed by atoms with E-state index in [1.807, 2.05) is 54.0 Å². The summed E-state index contributed by atoms with van der Waals surface area (Å²) in [5.74, 6) is -0.252. The van der Waals surface area contributed by atoms with Gasteiger partial charge in [-0.3, -0.25) is 9.48 Å². The summed E-state index contributed by atoms with van der Waals surface area (Å²) in [6, 6.07) is 13.2. The standard InChI is InChI=1S/C22H18ClN7O/c1-15-20(11-25-30(15)19-6-4-5-16(23)9-19)22(31)27-17-10-24-29(13-17)14-18-12-28-8-3-2-7-21(28)26-18/h2-13H,14H2,1H3,(H,27,31). The number of hydrogen-bond acceptors (Lipinski definition) is 4. The molecule has 1 amide bonds. The van der Waals surface area contributed by atoms with Crippen molar-refractivity contribution in [1.82, 2.24) is 28.9 Å². The molecular formula is C22H18ClN7O. The summed E-state index contributed by atoms with van der Waals surface area (Å²) >= 11 is 6.07. The Morgan fingerprint density at radius 3 is 2.84 bits per heavy atom. The highest BCUT2D eigenvalue weighted by atomic mass is 35.5. The largest absolute Gasteiger partial charge is 0.319 e. The normalized spacial score (nSPS) is 11.2. The summed E-state index contributed by atoms with van der Waals surface area (Å²) in [4.78, 5) is 17.4. The van der Waals surface area contributed by atoms with E-state index in [2.05, 4.69) is 20.5 Å². The van der Waals surface area contributed by atoms with Gasteiger partial charge in [-0.25, -0.2) is 9.67 Å². The highest BCUT2D eigenvalue weighted by molar-refractivity contribution is 6.30. The van der Waals surface area contributed by atoms with Crippen LogP contribution in [0.4, 0.5) is 5.69 Å². The number of halogens is 1. The molecule has 0 saturated carbocycles. The van der Waals surface area contributed by atoms with Crippen LogP contribution in [0.1, 0.15) is 21.7 Å². The first-order valence-electron chi connectivity index (χ1n) is 9.64. The quantitative estimate of drug-likeness (QED) is 0.456. The van der Waals surface area contributed by atoms with Gasteiger partial charge in [0.15, 0.2) is 0 Å². The maximum Gasteiger partial charge on any atom is 0.259 e. The number of nitrogens with zero attached hydrogens (tertiary/aromatic N) is 6. The smallest absolute Gasteiger partial charge is 0.259 e. The molecule has 31 heavy (non-hydrogen) atoms. The van der Waals surface area contributed by atoms with Gasteiger partial charge in [-0.05, 0) is 37.3 Å². The average molecular weight is 432 g/mol. The molecule has 0 saturated heterocycles. The van der Waals surface area contributed by atoms with Crippen molar-refractivity contribution in [3.8, 4) is 5.69 Å². The molecule has 0 bridgehead atoms. The van der Waals surface area contributed by atoms with Crippen LogP contribution >= 0.6 is 11.6 Å². The van der Waals surface area contributed by atoms with Crippen LogP contribution in [0.25, 0.3) is 11.3 Å². The highest BCUT2D eigenvalue weighted by Crippen LogP contribution is 2.19. The molecule has 0 atom stereocenters. The third kappa shape index (κ3) is 3.80. The van der Waals surface area contributed by atoms with Crippen molar-refractivity contribution in [2.45, 2.75) is 13.5 Å². The van der Waals surface area contributed by atoms with Crippen molar-refractivity contribution >= 4 is 28.8 Å². The van der Waals surface area contributed by atoms with E-state index in [1.54, 1.807) is 40.1 Å². The third-order valence-electron chi connectivity index (χ3n) is 4.94. The van der Waals surface area contributed by atoms with E-state index in [1.165, 1.54) is 0 Å². The minimum Gasteiger partial charge on any atom is -0.319 e. The second-order valence-electron chi connectivity index (χ2n) is 7.11. The molecule has 1 aromatic carbocycles. The fraction of sp³-hybridized carbons (Fsp3) is 0.0909. The number of rotatable bonds is 5. The molecule has 0 spiro atoms. The number of pyridine rings is 1. The van der Waals surface area contributed by atoms with Crippen molar-refractivity contribution in [3.05, 3.63) is 95.4 Å². The summed E-state index contributed by atoms with van der Waals surface area (Å²) in [5.41, 5.74) is 4.36. The average Bonchev–Trinajstić information content (AvgIpc) is 3.46. The van der Waals surface area contributed by atoms with E-state index in [9.17, 15) is 4.79 Å². The van der Waals surface area contributed by atoms with E-state index < -0.39 is 0 Å². The summed E-state index contributed by atoms with van der Waals surface area (Å²) in [5, 5.41) is 12.2. The first-order valence-corrected chi connectivity index (χ1v) is 10.0. The molecule has 4 heterocycles. The minimum atomic E-state index is -0.252. The van der Waals surface area contributed by atoms with Gasteiger partial charge >= 0.3 is 0 Å². The fourth-order valence-electron chi connectivity index (χ4n) is 3.44. The van der Waals surface area contributed by atoms with Crippen LogP contribution in [0.15, 0.2) is 73.4 Å². The molecule has 8 nitrogen and oxygen atoms in total. The van der Waals surface area contributed by atoms with Crippen molar-refractivity contribution in [3.63, 3.8) is 0 Å². The predicted molar refractivity (Wildman–Crippen MR) is 118 cm³/mol. The Morgan fingerprint density at radius 1 is 1.10 bits per heavy atom. The van der Waals surface area contributed by atoms with Crippen LogP contribution in [0, 0.1) is 6.92 Å². The Morgan fingerprint density at radius 2 is 2.00 bits per heavy atom. The van der Waals surface area contributed by atoms with Crippen LogP contribution in [-0.2, 0) is 6.54 Å². The topological polar surface area (TPSA) is 82.0 Å². The van der Waals surface area contributed by atoms with Gasteiger partial charge in [0.2, 0.25) is 0 Å². The van der Waals surface area contributed by atoms with Gasteiger partial charge < -0.3 is 9.72 Å². The molecule has 0 aliphatic carbocycles. The number of carbonyl (C=O) groups is 1. The lowest BCUT2D eigenvalue weighted by atomic mass is 10.2. The van der Waals surface area contributed by atoms with E-state index >= 15 is 0 Å². The van der Waals surface area contributed by atoms with Gasteiger partial charge in [0.1, 0.15) is 5.65 Å². The number of benzene rings is 1. The molecule has 0 aliphatic rings. The fourth-order valence-corrected chi connectivity index (χ4v) is 3.63. The molecule has 5 rings (SSSR count). The monoisotopic (exact) mass is 431 g/mol. The van der Waals surface area contributed by atoms with Gasteiger partial charge in [-0.1, -0.05) is 23.7 Å². The number of carbonyl (C=O) groups excluding carboxylic acids is 1. The van der Waals surface area contributed by atoms with E-state index in [-0.39, 0.29) is 5.91 Å². The van der Waals surface area contributed by atoms with Gasteiger partial charge in [0.25, 0.3) is 5.91 Å². The zero-order valence-corrected chi connectivity index (χ0v) is 17.4. The Bertz CT molecular complexity index is 1360. The van der Waals surface area contributed by atoms with Crippen LogP contribution in [0.2, 0.25) is 5.02 Å². The van der Waals surface area contributed by atoms with Crippen molar-refractivity contribution in [1.29, 1.82) is 0 Å². The van der Waals surface area contributed by atoms with Crippen LogP contribution in [-0.4, -0.2) is 34.9 Å². The summed E-state index contributed by atoms with van der Waals surface area (Å²) < 4.78 is 5.38. The van der Waals surface area contributed by atoms with E-state index in [0.29, 0.717) is 22.8 Å². The lowest BCUT2D eigenvalue weighted by Gasteiger charge is -2.06. The van der Waals surface area contributed by atoms with Gasteiger partial charge in [-0.2, -0.15) is 10.2 Å². The summed E-state index contributed by atoms with van der Waals surface area (Å²) in [6.07, 6.45) is 8.85. The summed E-state index contributed by atoms with van der Waals surface area (Å²) in [6.45, 7) is 2.35. The Hall–Kier alpha value is -3.91. The summed E-state index contributed by atoms with van der Waals surface area (Å²) in [7, 11) is 0. The van der Waals surface area contributed by atoms with Crippen molar-refractivity contribution < 1.29 is 4.79 Å². The molecule has 0 unspecified atom stereocenters. The zero-order chi connectivity index (χ0) is 21.4. The van der Waals surface area contributed by atoms with Crippen molar-refractivity contribution in [2.75, 3.05) is 5.32 Å². The van der Waals surface area contributed by atoms with Crippen LogP contribution < -0.4 is 5.32 Å². The number of hydrogen-bond donors (Lipinski definition) is 1. The number of aromatic nitrogens is 6. The van der Waals surface area contributed by atoms with Crippen LogP contribution in [0.5, 0.6) is 0 Å². The van der Waals surface area contributed by atoms with E-state index in [4.69, 9.17) is 11.6 Å². The number of imidazole rings is 1. The lowest BCUT2D eigenvalue weighted by Crippen LogP contribution is -2.12. The molecule has 4 aromatic heterocycles. The Balaban J connectivity index is 1.31. The maximum absolute atomic E-state index is 12.8. The minimum absolute atomic E-state index is 0.252. The SMILES string of the molecule is Cc1c(C(=O)Nc2cnn(Cc3cn4ccccc4n3)c2)cnn1-c1cccc(Cl)c1. The highest BCUT2D eigenvalue weighted by Gasteiger charge is 2.16. The first-order chi connectivity index (χ1) is 15.1. The molecule has 9 heteroatoms. The Kier molecular flexibility index (Phi) is 4.76. The Labute approximate surface area is 182 Å². The molecule has 0 fully saturated rings. The third-order valence-corrected chi connectivity index (χ3v) is 5.17. The predicted octanol–water partition coefficient (Wildman–Crippen LogP) is 3.98. The van der Waals surface area contributed by atoms with Gasteiger partial charge in [0, 0.05) is 23.6 Å². The molecule has 154 valence electrons. The lowest BCUT2D eigenvalue weighted by molar-refractivity contribution is 0.102. The second kappa shape index (κ2) is 7.73. The first kappa shape index (κ1) is 19.1. The molecule has 0 radical (unpaired) electrons. The molecular weight excluding hydrogens is 414 g/mol.